The number of benzene rings is 2. The number of carbonyl (C=O) groups excluding carboxylic acids is 1. The van der Waals surface area contributed by atoms with E-state index in [1.54, 1.807) is 12.1 Å². The summed E-state index contributed by atoms with van der Waals surface area (Å²) in [4.78, 5) is 14.7. The van der Waals surface area contributed by atoms with E-state index >= 15 is 0 Å². The summed E-state index contributed by atoms with van der Waals surface area (Å²) >= 11 is 12.4. The van der Waals surface area contributed by atoms with Crippen LogP contribution in [-0.2, 0) is 11.2 Å². The Labute approximate surface area is 157 Å². The van der Waals surface area contributed by atoms with E-state index in [0.717, 1.165) is 0 Å². The van der Waals surface area contributed by atoms with Gasteiger partial charge in [-0.15, -0.1) is 10.2 Å². The zero-order valence-corrected chi connectivity index (χ0v) is 15.0. The predicted molar refractivity (Wildman–Crippen MR) is 97.9 cm³/mol. The van der Waals surface area contributed by atoms with Gasteiger partial charge in [0.05, 0.1) is 34.5 Å². The summed E-state index contributed by atoms with van der Waals surface area (Å²) in [6.07, 6.45) is -0.00922. The average molecular weight is 394 g/mol. The molecular weight excluding hydrogens is 381 g/mol. The molecule has 9 heteroatoms. The second-order valence-corrected chi connectivity index (χ2v) is 6.17. The Hall–Kier alpha value is -2.77. The Kier molecular flexibility index (Phi) is 5.01. The third-order valence-corrected chi connectivity index (χ3v) is 4.33. The molecular formula is C17H13Cl2N3O4. The van der Waals surface area contributed by atoms with Crippen molar-refractivity contribution >= 4 is 45.7 Å². The van der Waals surface area contributed by atoms with Crippen molar-refractivity contribution in [1.29, 1.82) is 0 Å². The van der Waals surface area contributed by atoms with Crippen LogP contribution in [-0.4, -0.2) is 28.2 Å². The van der Waals surface area contributed by atoms with Crippen molar-refractivity contribution in [3.63, 3.8) is 0 Å². The smallest absolute Gasteiger partial charge is 0.269 e. The van der Waals surface area contributed by atoms with E-state index in [1.807, 2.05) is 0 Å². The highest BCUT2D eigenvalue weighted by atomic mass is 35.5. The number of carbonyl (C=O) groups is 1. The van der Waals surface area contributed by atoms with Crippen LogP contribution in [0.5, 0.6) is 17.4 Å². The van der Waals surface area contributed by atoms with E-state index < -0.39 is 5.91 Å². The number of aromatic nitrogens is 1. The number of fused-ring (bicyclic) bond motifs is 1. The minimum atomic E-state index is -0.533. The van der Waals surface area contributed by atoms with Gasteiger partial charge >= 0.3 is 0 Å². The Balaban J connectivity index is 1.93. The molecule has 3 aromatic rings. The van der Waals surface area contributed by atoms with Gasteiger partial charge in [0.25, 0.3) is 5.91 Å². The van der Waals surface area contributed by atoms with Crippen LogP contribution in [0.3, 0.4) is 0 Å². The van der Waals surface area contributed by atoms with Gasteiger partial charge in [-0.05, 0) is 17.7 Å². The number of aromatic amines is 1. The molecule has 2 aromatic carbocycles. The first kappa shape index (κ1) is 18.0. The van der Waals surface area contributed by atoms with Gasteiger partial charge in [-0.25, -0.2) is 0 Å². The zero-order valence-electron chi connectivity index (χ0n) is 13.5. The highest BCUT2D eigenvalue weighted by Gasteiger charge is 2.20. The lowest BCUT2D eigenvalue weighted by Crippen LogP contribution is -1.97. The SMILES string of the molecule is COc1cc(Cl)c2[nH]c(O)c(N=NC(=O)Cc3ccc(O)cc3)c2c1Cl. The molecule has 1 aromatic heterocycles. The number of phenols is 1. The van der Waals surface area contributed by atoms with Crippen molar-refractivity contribution in [3.8, 4) is 17.4 Å². The summed E-state index contributed by atoms with van der Waals surface area (Å²) in [5.41, 5.74) is 1.01. The summed E-state index contributed by atoms with van der Waals surface area (Å²) < 4.78 is 5.14. The number of halogens is 2. The van der Waals surface area contributed by atoms with Gasteiger partial charge in [0.15, 0.2) is 5.69 Å². The number of nitrogens with one attached hydrogen (secondary N) is 1. The van der Waals surface area contributed by atoms with Crippen molar-refractivity contribution in [2.24, 2.45) is 10.2 Å². The first-order chi connectivity index (χ1) is 12.4. The topological polar surface area (TPSA) is 107 Å². The summed E-state index contributed by atoms with van der Waals surface area (Å²) in [5.74, 6) is -0.449. The van der Waals surface area contributed by atoms with Gasteiger partial charge in [-0.1, -0.05) is 35.3 Å². The number of nitrogens with zero attached hydrogens (tertiary/aromatic N) is 2. The maximum Gasteiger partial charge on any atom is 0.269 e. The van der Waals surface area contributed by atoms with Gasteiger partial charge in [0, 0.05) is 6.07 Å². The number of amides is 1. The van der Waals surface area contributed by atoms with Gasteiger partial charge in [0.2, 0.25) is 5.88 Å². The highest BCUT2D eigenvalue weighted by molar-refractivity contribution is 6.42. The summed E-state index contributed by atoms with van der Waals surface area (Å²) in [7, 11) is 1.43. The number of hydrogen-bond donors (Lipinski definition) is 3. The maximum atomic E-state index is 12.0. The van der Waals surface area contributed by atoms with E-state index in [-0.39, 0.29) is 33.8 Å². The number of rotatable bonds is 4. The first-order valence-electron chi connectivity index (χ1n) is 7.39. The average Bonchev–Trinajstić information content (AvgIpc) is 2.95. The van der Waals surface area contributed by atoms with Gasteiger partial charge in [0.1, 0.15) is 11.5 Å². The fraction of sp³-hybridized carbons (Fsp3) is 0.118. The number of hydrogen-bond acceptors (Lipinski definition) is 5. The van der Waals surface area contributed by atoms with Crippen LogP contribution in [0.25, 0.3) is 10.9 Å². The molecule has 3 N–H and O–H groups in total. The largest absolute Gasteiger partial charge is 0.508 e. The molecule has 0 saturated carbocycles. The fourth-order valence-corrected chi connectivity index (χ4v) is 2.98. The zero-order chi connectivity index (χ0) is 18.8. The van der Waals surface area contributed by atoms with E-state index in [0.29, 0.717) is 22.2 Å². The number of methoxy groups -OCH3 is 1. The monoisotopic (exact) mass is 393 g/mol. The molecule has 0 spiro atoms. The van der Waals surface area contributed by atoms with E-state index in [2.05, 4.69) is 15.2 Å². The molecule has 0 unspecified atom stereocenters. The van der Waals surface area contributed by atoms with Crippen LogP contribution < -0.4 is 4.74 Å². The summed E-state index contributed by atoms with van der Waals surface area (Å²) in [6, 6.07) is 7.65. The number of ether oxygens (including phenoxy) is 1. The predicted octanol–water partition coefficient (Wildman–Crippen LogP) is 4.75. The van der Waals surface area contributed by atoms with Crippen LogP contribution in [0.15, 0.2) is 40.6 Å². The summed E-state index contributed by atoms with van der Waals surface area (Å²) in [5, 5.41) is 27.5. The Morgan fingerprint density at radius 2 is 1.92 bits per heavy atom. The third-order valence-electron chi connectivity index (χ3n) is 3.66. The Morgan fingerprint density at radius 1 is 1.23 bits per heavy atom. The number of phenolic OH excluding ortho intramolecular Hbond substituents is 1. The molecule has 3 rings (SSSR count). The van der Waals surface area contributed by atoms with Crippen molar-refractivity contribution in [2.45, 2.75) is 6.42 Å². The molecule has 26 heavy (non-hydrogen) atoms. The molecule has 0 aliphatic heterocycles. The Bertz CT molecular complexity index is 1010. The van der Waals surface area contributed by atoms with Crippen molar-refractivity contribution < 1.29 is 19.7 Å². The number of azo groups is 1. The quantitative estimate of drug-likeness (QED) is 0.555. The fourth-order valence-electron chi connectivity index (χ4n) is 2.42. The second-order valence-electron chi connectivity index (χ2n) is 5.38. The van der Waals surface area contributed by atoms with Crippen molar-refractivity contribution in [2.75, 3.05) is 7.11 Å². The van der Waals surface area contributed by atoms with Crippen LogP contribution in [0, 0.1) is 0 Å². The lowest BCUT2D eigenvalue weighted by Gasteiger charge is -2.05. The standard InChI is InChI=1S/C17H13Cl2N3O4/c1-26-11-7-10(18)15-13(14(11)19)16(17(25)20-15)22-21-12(24)6-8-2-4-9(23)5-3-8/h2-5,7,20,23,25H,6H2,1H3. The molecule has 134 valence electrons. The normalized spacial score (nSPS) is 11.3. The van der Waals surface area contributed by atoms with Gasteiger partial charge in [-0.2, -0.15) is 0 Å². The molecule has 0 aliphatic carbocycles. The minimum absolute atomic E-state index is 0.00922. The third kappa shape index (κ3) is 3.44. The van der Waals surface area contributed by atoms with Crippen LogP contribution >= 0.6 is 23.2 Å². The maximum absolute atomic E-state index is 12.0. The molecule has 0 bridgehead atoms. The molecule has 0 aliphatic rings. The first-order valence-corrected chi connectivity index (χ1v) is 8.15. The van der Waals surface area contributed by atoms with Gasteiger partial charge < -0.3 is 19.9 Å². The highest BCUT2D eigenvalue weighted by Crippen LogP contribution is 2.46. The van der Waals surface area contributed by atoms with E-state index in [9.17, 15) is 15.0 Å². The van der Waals surface area contributed by atoms with Crippen LogP contribution in [0.2, 0.25) is 10.0 Å². The lowest BCUT2D eigenvalue weighted by molar-refractivity contribution is -0.117. The molecule has 0 fully saturated rings. The molecule has 7 nitrogen and oxygen atoms in total. The molecule has 0 saturated heterocycles. The molecule has 1 heterocycles. The van der Waals surface area contributed by atoms with Crippen molar-refractivity contribution in [3.05, 3.63) is 45.9 Å². The van der Waals surface area contributed by atoms with Crippen molar-refractivity contribution in [1.82, 2.24) is 4.98 Å². The van der Waals surface area contributed by atoms with E-state index in [4.69, 9.17) is 27.9 Å². The minimum Gasteiger partial charge on any atom is -0.508 e. The molecule has 1 amide bonds. The van der Waals surface area contributed by atoms with Crippen LogP contribution in [0.1, 0.15) is 5.56 Å². The molecule has 0 atom stereocenters. The molecule has 0 radical (unpaired) electrons. The Morgan fingerprint density at radius 3 is 2.58 bits per heavy atom. The lowest BCUT2D eigenvalue weighted by atomic mass is 10.1. The van der Waals surface area contributed by atoms with E-state index in [1.165, 1.54) is 25.3 Å². The van der Waals surface area contributed by atoms with Gasteiger partial charge in [-0.3, -0.25) is 4.79 Å². The summed E-state index contributed by atoms with van der Waals surface area (Å²) in [6.45, 7) is 0. The van der Waals surface area contributed by atoms with Crippen LogP contribution in [0.4, 0.5) is 5.69 Å². The number of H-pyrrole nitrogens is 1. The second kappa shape index (κ2) is 7.23. The number of aromatic hydroxyl groups is 2.